The molecule has 1 amide bonds. The minimum Gasteiger partial charge on any atom is -0.507 e. The van der Waals surface area contributed by atoms with E-state index in [0.29, 0.717) is 0 Å². The van der Waals surface area contributed by atoms with Gasteiger partial charge in [-0.1, -0.05) is 41.4 Å². The number of carbonyl (C=O) groups excluding carboxylic acids is 2. The molecule has 156 valence electrons. The fraction of sp³-hybridized carbons (Fsp3) is 0.0435. The molecule has 1 heterocycles. The number of ketones is 1. The van der Waals surface area contributed by atoms with Crippen LogP contribution in [0.5, 0.6) is 0 Å². The molecular formula is C23H13Cl2F2NO3. The van der Waals surface area contributed by atoms with Gasteiger partial charge in [-0.25, -0.2) is 8.78 Å². The van der Waals surface area contributed by atoms with Crippen LogP contribution in [-0.4, -0.2) is 16.8 Å². The molecule has 1 aliphatic rings. The van der Waals surface area contributed by atoms with Crippen LogP contribution in [0.4, 0.5) is 14.5 Å². The van der Waals surface area contributed by atoms with Crippen LogP contribution in [0.3, 0.4) is 0 Å². The maximum absolute atomic E-state index is 14.8. The zero-order chi connectivity index (χ0) is 22.3. The lowest BCUT2D eigenvalue weighted by Gasteiger charge is -2.25. The zero-order valence-corrected chi connectivity index (χ0v) is 17.2. The third-order valence-corrected chi connectivity index (χ3v) is 5.68. The lowest BCUT2D eigenvalue weighted by molar-refractivity contribution is -0.132. The van der Waals surface area contributed by atoms with Crippen molar-refractivity contribution in [2.24, 2.45) is 0 Å². The Morgan fingerprint density at radius 1 is 0.903 bits per heavy atom. The molecule has 4 rings (SSSR count). The van der Waals surface area contributed by atoms with E-state index in [1.54, 1.807) is 6.07 Å². The summed E-state index contributed by atoms with van der Waals surface area (Å²) < 4.78 is 28.2. The standard InChI is InChI=1S/C23H13Cl2F2NO3/c24-16-10-5-12(11-17(16)25)21(29)19-20(15-3-1-2-4-18(15)27)28(23(31)22(19)30)14-8-6-13(26)7-9-14/h1-11,20,29H/b21-19+. The first-order chi connectivity index (χ1) is 14.8. The van der Waals surface area contributed by atoms with Crippen molar-refractivity contribution in [3.63, 3.8) is 0 Å². The van der Waals surface area contributed by atoms with E-state index in [4.69, 9.17) is 23.2 Å². The third kappa shape index (κ3) is 3.69. The summed E-state index contributed by atoms with van der Waals surface area (Å²) in [7, 11) is 0. The van der Waals surface area contributed by atoms with Gasteiger partial charge in [0, 0.05) is 16.8 Å². The highest BCUT2D eigenvalue weighted by molar-refractivity contribution is 6.51. The predicted octanol–water partition coefficient (Wildman–Crippen LogP) is 5.90. The molecule has 0 bridgehead atoms. The molecule has 4 nitrogen and oxygen atoms in total. The number of nitrogens with zero attached hydrogens (tertiary/aromatic N) is 1. The Balaban J connectivity index is 1.97. The minimum atomic E-state index is -1.28. The molecule has 8 heteroatoms. The van der Waals surface area contributed by atoms with E-state index in [2.05, 4.69) is 0 Å². The lowest BCUT2D eigenvalue weighted by atomic mass is 9.94. The maximum atomic E-state index is 14.8. The highest BCUT2D eigenvalue weighted by Gasteiger charge is 2.47. The van der Waals surface area contributed by atoms with Gasteiger partial charge in [0.1, 0.15) is 17.4 Å². The van der Waals surface area contributed by atoms with Gasteiger partial charge in [0.05, 0.1) is 21.7 Å². The van der Waals surface area contributed by atoms with Crippen LogP contribution in [0, 0.1) is 11.6 Å². The largest absolute Gasteiger partial charge is 0.507 e. The molecule has 0 aliphatic carbocycles. The number of benzene rings is 3. The smallest absolute Gasteiger partial charge is 0.300 e. The van der Waals surface area contributed by atoms with Crippen molar-refractivity contribution in [1.82, 2.24) is 0 Å². The van der Waals surface area contributed by atoms with Gasteiger partial charge < -0.3 is 5.11 Å². The van der Waals surface area contributed by atoms with E-state index < -0.39 is 35.1 Å². The number of rotatable bonds is 3. The number of Topliss-reactive ketones (excluding diaryl/α,β-unsaturated/α-hetero) is 1. The molecule has 0 radical (unpaired) electrons. The Morgan fingerprint density at radius 3 is 2.23 bits per heavy atom. The van der Waals surface area contributed by atoms with Crippen LogP contribution in [0.2, 0.25) is 10.0 Å². The van der Waals surface area contributed by atoms with Crippen LogP contribution < -0.4 is 4.90 Å². The second-order valence-corrected chi connectivity index (χ2v) is 7.61. The van der Waals surface area contributed by atoms with Crippen molar-refractivity contribution < 1.29 is 23.5 Å². The summed E-state index contributed by atoms with van der Waals surface area (Å²) in [5.74, 6) is -3.75. The highest BCUT2D eigenvalue weighted by atomic mass is 35.5. The van der Waals surface area contributed by atoms with E-state index >= 15 is 0 Å². The topological polar surface area (TPSA) is 57.6 Å². The summed E-state index contributed by atoms with van der Waals surface area (Å²) in [6.07, 6.45) is 0. The second kappa shape index (κ2) is 8.13. The summed E-state index contributed by atoms with van der Waals surface area (Å²) >= 11 is 11.9. The number of hydrogen-bond acceptors (Lipinski definition) is 3. The van der Waals surface area contributed by atoms with Gasteiger partial charge >= 0.3 is 0 Å². The Hall–Kier alpha value is -3.22. The van der Waals surface area contributed by atoms with Crippen molar-refractivity contribution in [1.29, 1.82) is 0 Å². The molecule has 0 aromatic heterocycles. The van der Waals surface area contributed by atoms with Gasteiger partial charge in [-0.15, -0.1) is 0 Å². The summed E-state index contributed by atoms with van der Waals surface area (Å²) in [6.45, 7) is 0. The Morgan fingerprint density at radius 2 is 1.58 bits per heavy atom. The van der Waals surface area contributed by atoms with Gasteiger partial charge in [-0.2, -0.15) is 0 Å². The number of halogens is 4. The van der Waals surface area contributed by atoms with Gasteiger partial charge in [0.2, 0.25) is 0 Å². The van der Waals surface area contributed by atoms with Crippen LogP contribution in [0.25, 0.3) is 5.76 Å². The highest BCUT2D eigenvalue weighted by Crippen LogP contribution is 2.43. The molecule has 0 spiro atoms. The number of amides is 1. The molecule has 1 fully saturated rings. The van der Waals surface area contributed by atoms with E-state index in [1.807, 2.05) is 0 Å². The summed E-state index contributed by atoms with van der Waals surface area (Å²) in [5.41, 5.74) is -0.0248. The third-order valence-electron chi connectivity index (χ3n) is 4.94. The first kappa shape index (κ1) is 21.0. The van der Waals surface area contributed by atoms with Crippen molar-refractivity contribution >= 4 is 46.3 Å². The quantitative estimate of drug-likeness (QED) is 0.301. The van der Waals surface area contributed by atoms with Crippen LogP contribution in [0.1, 0.15) is 17.2 Å². The summed E-state index contributed by atoms with van der Waals surface area (Å²) in [6, 6.07) is 13.3. The number of aliphatic hydroxyl groups excluding tert-OH is 1. The molecule has 1 saturated heterocycles. The number of carbonyl (C=O) groups is 2. The van der Waals surface area contributed by atoms with Crippen molar-refractivity contribution in [3.8, 4) is 0 Å². The van der Waals surface area contributed by atoms with Crippen LogP contribution in [0.15, 0.2) is 72.3 Å². The first-order valence-electron chi connectivity index (χ1n) is 9.06. The molecule has 3 aromatic rings. The second-order valence-electron chi connectivity index (χ2n) is 6.80. The first-order valence-corrected chi connectivity index (χ1v) is 9.81. The van der Waals surface area contributed by atoms with E-state index in [9.17, 15) is 23.5 Å². The van der Waals surface area contributed by atoms with Crippen molar-refractivity contribution in [2.45, 2.75) is 6.04 Å². The molecular weight excluding hydrogens is 447 g/mol. The SMILES string of the molecule is O=C1C(=O)N(c2ccc(F)cc2)C(c2ccccc2F)/C1=C(\O)c1ccc(Cl)c(Cl)c1. The van der Waals surface area contributed by atoms with Gasteiger partial charge in [-0.05, 0) is 48.5 Å². The van der Waals surface area contributed by atoms with Crippen molar-refractivity contribution in [2.75, 3.05) is 4.90 Å². The Labute approximate surface area is 185 Å². The Kier molecular flexibility index (Phi) is 5.52. The number of hydrogen-bond donors (Lipinski definition) is 1. The summed E-state index contributed by atoms with van der Waals surface area (Å²) in [5, 5.41) is 11.3. The molecule has 31 heavy (non-hydrogen) atoms. The minimum absolute atomic E-state index is 0.00682. The van der Waals surface area contributed by atoms with E-state index in [-0.39, 0.29) is 32.4 Å². The van der Waals surface area contributed by atoms with Crippen LogP contribution >= 0.6 is 23.2 Å². The fourth-order valence-corrected chi connectivity index (χ4v) is 3.79. The molecule has 1 aliphatic heterocycles. The van der Waals surface area contributed by atoms with Gasteiger partial charge in [0.15, 0.2) is 0 Å². The number of anilines is 1. The van der Waals surface area contributed by atoms with Crippen molar-refractivity contribution in [3.05, 3.63) is 105 Å². The predicted molar refractivity (Wildman–Crippen MR) is 114 cm³/mol. The lowest BCUT2D eigenvalue weighted by Crippen LogP contribution is -2.29. The Bertz CT molecular complexity index is 1240. The maximum Gasteiger partial charge on any atom is 0.300 e. The average Bonchev–Trinajstić information content (AvgIpc) is 3.01. The molecule has 3 aromatic carbocycles. The average molecular weight is 460 g/mol. The van der Waals surface area contributed by atoms with Gasteiger partial charge in [-0.3, -0.25) is 14.5 Å². The van der Waals surface area contributed by atoms with Gasteiger partial charge in [0.25, 0.3) is 11.7 Å². The monoisotopic (exact) mass is 459 g/mol. The zero-order valence-electron chi connectivity index (χ0n) is 15.7. The molecule has 1 atom stereocenters. The summed E-state index contributed by atoms with van der Waals surface area (Å²) in [4.78, 5) is 26.9. The molecule has 1 unspecified atom stereocenters. The van der Waals surface area contributed by atoms with E-state index in [1.165, 1.54) is 48.5 Å². The van der Waals surface area contributed by atoms with E-state index in [0.717, 1.165) is 17.0 Å². The van der Waals surface area contributed by atoms with Crippen LogP contribution in [-0.2, 0) is 9.59 Å². The molecule has 0 saturated carbocycles. The fourth-order valence-electron chi connectivity index (χ4n) is 3.49. The normalized spacial score (nSPS) is 17.9. The number of aliphatic hydroxyl groups is 1. The molecule has 1 N–H and O–H groups in total.